The van der Waals surface area contributed by atoms with E-state index in [1.165, 1.54) is 122 Å². The normalized spacial score (nSPS) is 36.8. The van der Waals surface area contributed by atoms with Crippen molar-refractivity contribution in [3.63, 3.8) is 0 Å². The van der Waals surface area contributed by atoms with Crippen molar-refractivity contribution in [1.29, 1.82) is 0 Å². The van der Waals surface area contributed by atoms with Crippen LogP contribution in [0, 0.1) is 29.6 Å². The third kappa shape index (κ3) is 8.91. The summed E-state index contributed by atoms with van der Waals surface area (Å²) in [5.74, 6) is 4.96. The van der Waals surface area contributed by atoms with Gasteiger partial charge < -0.3 is 0 Å². The van der Waals surface area contributed by atoms with Gasteiger partial charge in [-0.2, -0.15) is 0 Å². The summed E-state index contributed by atoms with van der Waals surface area (Å²) in [6, 6.07) is 0. The van der Waals surface area contributed by atoms with Gasteiger partial charge in [-0.3, -0.25) is 0 Å². The van der Waals surface area contributed by atoms with E-state index in [0.717, 1.165) is 29.6 Å². The molecule has 2 aliphatic carbocycles. The zero-order valence-electron chi connectivity index (χ0n) is 19.3. The second-order valence-corrected chi connectivity index (χ2v) is 10.5. The van der Waals surface area contributed by atoms with Crippen LogP contribution in [0.3, 0.4) is 0 Å². The molecule has 5 atom stereocenters. The fraction of sp³-hybridized carbons (Fsp3) is 1.00. The molecular formula is C27H52. The molecule has 0 N–H and O–H groups in total. The molecule has 27 heavy (non-hydrogen) atoms. The Morgan fingerprint density at radius 1 is 0.519 bits per heavy atom. The minimum Gasteiger partial charge on any atom is -0.0651 e. The van der Waals surface area contributed by atoms with Gasteiger partial charge in [0.15, 0.2) is 0 Å². The van der Waals surface area contributed by atoms with E-state index in [4.69, 9.17) is 0 Å². The van der Waals surface area contributed by atoms with Crippen LogP contribution >= 0.6 is 0 Å². The van der Waals surface area contributed by atoms with Crippen LogP contribution in [0.25, 0.3) is 0 Å². The fourth-order valence-corrected chi connectivity index (χ4v) is 6.43. The summed E-state index contributed by atoms with van der Waals surface area (Å²) in [4.78, 5) is 0. The molecule has 0 saturated heterocycles. The molecule has 160 valence electrons. The van der Waals surface area contributed by atoms with E-state index < -0.39 is 0 Å². The Morgan fingerprint density at radius 2 is 1.04 bits per heavy atom. The van der Waals surface area contributed by atoms with Crippen molar-refractivity contribution in [3.8, 4) is 0 Å². The highest BCUT2D eigenvalue weighted by Gasteiger charge is 2.31. The second kappa shape index (κ2) is 14.1. The molecule has 0 bridgehead atoms. The van der Waals surface area contributed by atoms with Crippen molar-refractivity contribution in [2.24, 2.45) is 29.6 Å². The van der Waals surface area contributed by atoms with Gasteiger partial charge >= 0.3 is 0 Å². The van der Waals surface area contributed by atoms with Gasteiger partial charge in [-0.1, -0.05) is 130 Å². The first-order chi connectivity index (χ1) is 13.2. The second-order valence-electron chi connectivity index (χ2n) is 10.5. The van der Waals surface area contributed by atoms with Gasteiger partial charge in [0.1, 0.15) is 0 Å². The van der Waals surface area contributed by atoms with Gasteiger partial charge in [0.05, 0.1) is 0 Å². The largest absolute Gasteiger partial charge is 0.0651 e. The van der Waals surface area contributed by atoms with E-state index in [1.807, 2.05) is 0 Å². The Kier molecular flexibility index (Phi) is 12.1. The van der Waals surface area contributed by atoms with Crippen LogP contribution < -0.4 is 0 Å². The van der Waals surface area contributed by atoms with Crippen LogP contribution in [0.15, 0.2) is 0 Å². The molecule has 0 nitrogen and oxygen atoms in total. The van der Waals surface area contributed by atoms with Crippen molar-refractivity contribution in [3.05, 3.63) is 0 Å². The first-order valence-electron chi connectivity index (χ1n) is 13.2. The molecule has 0 heteroatoms. The molecule has 2 aliphatic rings. The average Bonchev–Trinajstić information content (AvgIpc) is 2.69. The standard InChI is InChI=1S/C27H52/c1-4-25-18-14-11-8-12-16-20-27(24(25)3)26-19-15-10-7-5-6-9-13-17-23(2)21-22-26/h23-27H,4-22H2,1-3H3. The topological polar surface area (TPSA) is 0 Å². The van der Waals surface area contributed by atoms with Crippen molar-refractivity contribution in [1.82, 2.24) is 0 Å². The summed E-state index contributed by atoms with van der Waals surface area (Å²) in [5, 5.41) is 0. The fourth-order valence-electron chi connectivity index (χ4n) is 6.43. The van der Waals surface area contributed by atoms with Crippen molar-refractivity contribution in [2.75, 3.05) is 0 Å². The Hall–Kier alpha value is 0. The molecular weight excluding hydrogens is 324 g/mol. The smallest absolute Gasteiger partial charge is 0.0357 e. The maximum atomic E-state index is 2.66. The van der Waals surface area contributed by atoms with Crippen LogP contribution in [0.4, 0.5) is 0 Å². The summed E-state index contributed by atoms with van der Waals surface area (Å²) in [5.41, 5.74) is 0. The predicted octanol–water partition coefficient (Wildman–Crippen LogP) is 9.57. The molecule has 2 rings (SSSR count). The lowest BCUT2D eigenvalue weighted by atomic mass is 9.68. The van der Waals surface area contributed by atoms with Crippen LogP contribution in [-0.4, -0.2) is 0 Å². The molecule has 0 aromatic carbocycles. The zero-order chi connectivity index (χ0) is 19.3. The van der Waals surface area contributed by atoms with Gasteiger partial charge in [-0.05, 0) is 42.4 Å². The molecule has 0 aromatic heterocycles. The summed E-state index contributed by atoms with van der Waals surface area (Å²) < 4.78 is 0. The highest BCUT2D eigenvalue weighted by molar-refractivity contribution is 4.81. The third-order valence-corrected chi connectivity index (χ3v) is 8.46. The van der Waals surface area contributed by atoms with E-state index in [2.05, 4.69) is 20.8 Å². The van der Waals surface area contributed by atoms with E-state index in [9.17, 15) is 0 Å². The van der Waals surface area contributed by atoms with Crippen molar-refractivity contribution in [2.45, 2.75) is 143 Å². The highest BCUT2D eigenvalue weighted by atomic mass is 14.4. The molecule has 0 aromatic rings. The molecule has 0 spiro atoms. The van der Waals surface area contributed by atoms with E-state index in [-0.39, 0.29) is 0 Å². The van der Waals surface area contributed by atoms with Gasteiger partial charge in [0.25, 0.3) is 0 Å². The van der Waals surface area contributed by atoms with E-state index >= 15 is 0 Å². The van der Waals surface area contributed by atoms with Crippen LogP contribution in [0.1, 0.15) is 143 Å². The highest BCUT2D eigenvalue weighted by Crippen LogP contribution is 2.41. The Bertz CT molecular complexity index is 346. The zero-order valence-corrected chi connectivity index (χ0v) is 19.3. The minimum atomic E-state index is 0.962. The predicted molar refractivity (Wildman–Crippen MR) is 122 cm³/mol. The maximum Gasteiger partial charge on any atom is -0.0357 e. The molecule has 2 fully saturated rings. The monoisotopic (exact) mass is 376 g/mol. The van der Waals surface area contributed by atoms with E-state index in [0.29, 0.717) is 0 Å². The Labute approximate surface area is 172 Å². The minimum absolute atomic E-state index is 0.962. The van der Waals surface area contributed by atoms with Gasteiger partial charge in [0, 0.05) is 0 Å². The molecule has 5 unspecified atom stereocenters. The SMILES string of the molecule is CCC1CCCCCCCC(C2CCCCCCCCCC(C)CC2)C1C. The summed E-state index contributed by atoms with van der Waals surface area (Å²) in [6.45, 7) is 7.67. The van der Waals surface area contributed by atoms with Gasteiger partial charge in [-0.15, -0.1) is 0 Å². The summed E-state index contributed by atoms with van der Waals surface area (Å²) >= 11 is 0. The van der Waals surface area contributed by atoms with Crippen molar-refractivity contribution < 1.29 is 0 Å². The van der Waals surface area contributed by atoms with E-state index in [1.54, 1.807) is 0 Å². The molecule has 0 heterocycles. The Balaban J connectivity index is 2.04. The van der Waals surface area contributed by atoms with Crippen LogP contribution in [-0.2, 0) is 0 Å². The molecule has 0 aliphatic heterocycles. The maximum absolute atomic E-state index is 2.66. The van der Waals surface area contributed by atoms with Crippen LogP contribution in [0.5, 0.6) is 0 Å². The lowest BCUT2D eigenvalue weighted by molar-refractivity contribution is 0.125. The van der Waals surface area contributed by atoms with Gasteiger partial charge in [0.2, 0.25) is 0 Å². The number of hydrogen-bond acceptors (Lipinski definition) is 0. The quantitative estimate of drug-likeness (QED) is 0.450. The Morgan fingerprint density at radius 3 is 1.67 bits per heavy atom. The molecule has 0 amide bonds. The molecule has 0 radical (unpaired) electrons. The summed E-state index contributed by atoms with van der Waals surface area (Å²) in [7, 11) is 0. The number of rotatable bonds is 2. The summed E-state index contributed by atoms with van der Waals surface area (Å²) in [6.07, 6.45) is 28.5. The van der Waals surface area contributed by atoms with Crippen LogP contribution in [0.2, 0.25) is 0 Å². The first kappa shape index (κ1) is 23.3. The van der Waals surface area contributed by atoms with Crippen molar-refractivity contribution >= 4 is 0 Å². The third-order valence-electron chi connectivity index (χ3n) is 8.46. The molecule has 2 saturated carbocycles. The lowest BCUT2D eigenvalue weighted by Gasteiger charge is -2.38. The number of hydrogen-bond donors (Lipinski definition) is 0. The lowest BCUT2D eigenvalue weighted by Crippen LogP contribution is -2.28. The van der Waals surface area contributed by atoms with Gasteiger partial charge in [-0.25, -0.2) is 0 Å². The average molecular weight is 377 g/mol. The first-order valence-corrected chi connectivity index (χ1v) is 13.2.